The summed E-state index contributed by atoms with van der Waals surface area (Å²) in [5.74, 6) is -0.176. The molecule has 0 saturated carbocycles. The first-order chi connectivity index (χ1) is 18.3. The van der Waals surface area contributed by atoms with Crippen molar-refractivity contribution < 1.29 is 14.3 Å². The van der Waals surface area contributed by atoms with Crippen molar-refractivity contribution in [3.05, 3.63) is 65.2 Å². The normalized spacial score (nSPS) is 14.9. The summed E-state index contributed by atoms with van der Waals surface area (Å²) in [6, 6.07) is 7.67. The smallest absolute Gasteiger partial charge is 0.257 e. The number of nitrogens with zero attached hydrogens (tertiary/aromatic N) is 7. The van der Waals surface area contributed by atoms with Crippen LogP contribution in [0.1, 0.15) is 27.2 Å². The highest BCUT2D eigenvalue weighted by Gasteiger charge is 2.32. The molecule has 2 aliphatic heterocycles. The maximum atomic E-state index is 13.1. The van der Waals surface area contributed by atoms with Crippen LogP contribution in [-0.2, 0) is 30.2 Å². The van der Waals surface area contributed by atoms with E-state index in [1.807, 2.05) is 49.2 Å². The van der Waals surface area contributed by atoms with Crippen molar-refractivity contribution in [3.63, 3.8) is 0 Å². The van der Waals surface area contributed by atoms with Gasteiger partial charge in [-0.15, -0.1) is 0 Å². The number of nitrogens with one attached hydrogen (secondary N) is 1. The molecule has 11 nitrogen and oxygen atoms in total. The lowest BCUT2D eigenvalue weighted by molar-refractivity contribution is -0.136. The van der Waals surface area contributed by atoms with Crippen LogP contribution < -0.4 is 5.32 Å². The summed E-state index contributed by atoms with van der Waals surface area (Å²) in [6.45, 7) is 6.86. The van der Waals surface area contributed by atoms with E-state index in [0.29, 0.717) is 44.1 Å². The highest BCUT2D eigenvalue weighted by Crippen LogP contribution is 2.31. The van der Waals surface area contributed by atoms with Gasteiger partial charge in [0.2, 0.25) is 5.91 Å². The van der Waals surface area contributed by atoms with E-state index in [-0.39, 0.29) is 18.4 Å². The van der Waals surface area contributed by atoms with Crippen molar-refractivity contribution in [2.45, 2.75) is 20.4 Å². The molecule has 0 spiro atoms. The lowest BCUT2D eigenvalue weighted by atomic mass is 10.1. The van der Waals surface area contributed by atoms with Gasteiger partial charge in [-0.2, -0.15) is 10.2 Å². The minimum atomic E-state index is -0.134. The molecule has 38 heavy (non-hydrogen) atoms. The number of fused-ring (bicyclic) bond motifs is 2. The van der Waals surface area contributed by atoms with Crippen molar-refractivity contribution in [3.8, 4) is 0 Å². The monoisotopic (exact) mass is 516 g/mol. The Morgan fingerprint density at radius 3 is 2.50 bits per heavy atom. The summed E-state index contributed by atoms with van der Waals surface area (Å²) in [4.78, 5) is 33.5. The van der Waals surface area contributed by atoms with Gasteiger partial charge in [-0.05, 0) is 37.1 Å². The van der Waals surface area contributed by atoms with Gasteiger partial charge in [-0.1, -0.05) is 12.1 Å². The van der Waals surface area contributed by atoms with Gasteiger partial charge in [-0.3, -0.25) is 19.0 Å². The number of rotatable bonds is 4. The number of anilines is 2. The van der Waals surface area contributed by atoms with Crippen LogP contribution in [0, 0.1) is 13.8 Å². The largest absolute Gasteiger partial charge is 0.378 e. The first-order valence-electron chi connectivity index (χ1n) is 12.6. The van der Waals surface area contributed by atoms with Crippen molar-refractivity contribution in [2.24, 2.45) is 14.1 Å². The Kier molecular flexibility index (Phi) is 7.10. The minimum absolute atomic E-state index is 0.0415. The second kappa shape index (κ2) is 10.6. The lowest BCUT2D eigenvalue weighted by Gasteiger charge is -2.28. The van der Waals surface area contributed by atoms with E-state index in [2.05, 4.69) is 34.3 Å². The Bertz CT molecular complexity index is 1470. The third kappa shape index (κ3) is 5.10. The van der Waals surface area contributed by atoms with Crippen LogP contribution in [0.25, 0.3) is 11.0 Å². The van der Waals surface area contributed by atoms with Crippen molar-refractivity contribution >= 4 is 34.2 Å². The van der Waals surface area contributed by atoms with E-state index in [1.54, 1.807) is 26.9 Å². The quantitative estimate of drug-likeness (QED) is 0.444. The predicted molar refractivity (Wildman–Crippen MR) is 143 cm³/mol. The number of ether oxygens (including phenoxy) is 1. The zero-order valence-electron chi connectivity index (χ0n) is 22.1. The molecule has 0 unspecified atom stereocenters. The standard InChI is InChI=1S/C21H22N6O3.C6H10N2/c1-25-20-15(10-23-25)9-16(11-22-20)24-17-4-2-3-14-12-27(21(29)19(14)17)13-18(28)26-5-7-30-8-6-26;1-5-4-7-8(3)6(5)2/h2-4,9-11,24H,5-8,12-13H2,1H3;4H,1-3H3. The van der Waals surface area contributed by atoms with Gasteiger partial charge in [0.05, 0.1) is 48.7 Å². The average molecular weight is 517 g/mol. The number of aryl methyl sites for hydroxylation is 3. The number of aromatic nitrogens is 5. The number of hydrogen-bond acceptors (Lipinski definition) is 7. The number of hydrogen-bond donors (Lipinski definition) is 1. The molecule has 4 aromatic rings. The van der Waals surface area contributed by atoms with Crippen LogP contribution >= 0.6 is 0 Å². The fourth-order valence-electron chi connectivity index (χ4n) is 4.60. The van der Waals surface area contributed by atoms with Crippen LogP contribution in [0.2, 0.25) is 0 Å². The van der Waals surface area contributed by atoms with E-state index in [9.17, 15) is 9.59 Å². The molecule has 0 aliphatic carbocycles. The molecule has 1 fully saturated rings. The summed E-state index contributed by atoms with van der Waals surface area (Å²) in [5.41, 5.74) is 6.30. The number of carbonyl (C=O) groups is 2. The van der Waals surface area contributed by atoms with Crippen molar-refractivity contribution in [2.75, 3.05) is 38.2 Å². The third-order valence-electron chi connectivity index (χ3n) is 7.03. The van der Waals surface area contributed by atoms with Crippen LogP contribution in [0.5, 0.6) is 0 Å². The maximum Gasteiger partial charge on any atom is 0.257 e. The van der Waals surface area contributed by atoms with Gasteiger partial charge in [0.25, 0.3) is 5.91 Å². The molecule has 6 rings (SSSR count). The summed E-state index contributed by atoms with van der Waals surface area (Å²) in [6.07, 6.45) is 5.35. The SMILES string of the molecule is Cc1cnn(C)c1C.Cn1ncc2cc(Nc3cccc4c3C(=O)N(CC(=O)N3CCOCC3)C4)cnc21. The maximum absolute atomic E-state index is 13.1. The Morgan fingerprint density at radius 1 is 1.05 bits per heavy atom. The second-order valence-electron chi connectivity index (χ2n) is 9.56. The van der Waals surface area contributed by atoms with Gasteiger partial charge in [0.15, 0.2) is 5.65 Å². The number of benzene rings is 1. The molecule has 3 aromatic heterocycles. The average Bonchev–Trinajstić information content (AvgIpc) is 3.56. The predicted octanol–water partition coefficient (Wildman–Crippen LogP) is 2.56. The molecule has 1 aromatic carbocycles. The first kappa shape index (κ1) is 25.4. The summed E-state index contributed by atoms with van der Waals surface area (Å²) in [7, 11) is 3.79. The molecule has 11 heteroatoms. The summed E-state index contributed by atoms with van der Waals surface area (Å²) >= 11 is 0. The van der Waals surface area contributed by atoms with E-state index in [4.69, 9.17) is 4.74 Å². The number of pyridine rings is 1. The Balaban J connectivity index is 0.000000316. The van der Waals surface area contributed by atoms with Gasteiger partial charge < -0.3 is 19.9 Å². The number of carbonyl (C=O) groups excluding carboxylic acids is 2. The fraction of sp³-hybridized carbons (Fsp3) is 0.370. The molecule has 0 radical (unpaired) electrons. The van der Waals surface area contributed by atoms with Gasteiger partial charge >= 0.3 is 0 Å². The van der Waals surface area contributed by atoms with E-state index in [1.165, 1.54) is 11.3 Å². The zero-order chi connectivity index (χ0) is 26.8. The third-order valence-corrected chi connectivity index (χ3v) is 7.03. The second-order valence-corrected chi connectivity index (χ2v) is 9.56. The Morgan fingerprint density at radius 2 is 1.82 bits per heavy atom. The summed E-state index contributed by atoms with van der Waals surface area (Å²) < 4.78 is 8.88. The molecule has 1 N–H and O–H groups in total. The Labute approximate surface area is 221 Å². The van der Waals surface area contributed by atoms with Crippen LogP contribution in [0.15, 0.2) is 42.9 Å². The highest BCUT2D eigenvalue weighted by molar-refractivity contribution is 6.05. The van der Waals surface area contributed by atoms with Gasteiger partial charge in [0.1, 0.15) is 6.54 Å². The molecule has 0 bridgehead atoms. The molecule has 1 saturated heterocycles. The van der Waals surface area contributed by atoms with Crippen molar-refractivity contribution in [1.82, 2.24) is 34.3 Å². The molecule has 0 atom stereocenters. The lowest BCUT2D eigenvalue weighted by Crippen LogP contribution is -2.45. The van der Waals surface area contributed by atoms with Gasteiger partial charge in [-0.25, -0.2) is 4.98 Å². The van der Waals surface area contributed by atoms with Crippen molar-refractivity contribution in [1.29, 1.82) is 0 Å². The van der Waals surface area contributed by atoms with Crippen LogP contribution in [-0.4, -0.2) is 79.0 Å². The molecule has 198 valence electrons. The number of morpholine rings is 1. The minimum Gasteiger partial charge on any atom is -0.378 e. The van der Waals surface area contributed by atoms with E-state index >= 15 is 0 Å². The molecular formula is C27H32N8O3. The highest BCUT2D eigenvalue weighted by atomic mass is 16.5. The molecular weight excluding hydrogens is 484 g/mol. The molecule has 2 aliphatic rings. The van der Waals surface area contributed by atoms with E-state index < -0.39 is 0 Å². The zero-order valence-corrected chi connectivity index (χ0v) is 22.1. The van der Waals surface area contributed by atoms with Gasteiger partial charge in [0, 0.05) is 44.8 Å². The first-order valence-corrected chi connectivity index (χ1v) is 12.6. The summed E-state index contributed by atoms with van der Waals surface area (Å²) in [5, 5.41) is 12.5. The van der Waals surface area contributed by atoms with Crippen LogP contribution in [0.4, 0.5) is 11.4 Å². The fourth-order valence-corrected chi connectivity index (χ4v) is 4.60. The number of amides is 2. The molecule has 2 amide bonds. The van der Waals surface area contributed by atoms with E-state index in [0.717, 1.165) is 22.3 Å². The topological polar surface area (TPSA) is 110 Å². The Hall–Kier alpha value is -4.25. The molecule has 5 heterocycles. The van der Waals surface area contributed by atoms with Crippen LogP contribution in [0.3, 0.4) is 0 Å².